The van der Waals surface area contributed by atoms with Crippen molar-refractivity contribution < 1.29 is 22.6 Å². The maximum absolute atomic E-state index is 13.4. The first-order valence-corrected chi connectivity index (χ1v) is 11.1. The maximum atomic E-state index is 13.4. The van der Waals surface area contributed by atoms with E-state index in [0.29, 0.717) is 0 Å². The van der Waals surface area contributed by atoms with E-state index < -0.39 is 23.7 Å². The molecule has 8 nitrogen and oxygen atoms in total. The number of anilines is 1. The highest BCUT2D eigenvalue weighted by molar-refractivity contribution is 5.47. The molecule has 5 rings (SSSR count). The number of ether oxygens (including phenoxy) is 2. The van der Waals surface area contributed by atoms with Crippen LogP contribution in [0.3, 0.4) is 0 Å². The molecule has 3 aromatic rings. The van der Waals surface area contributed by atoms with E-state index in [0.717, 1.165) is 48.9 Å². The molecular weight excluding hydrogens is 449 g/mol. The van der Waals surface area contributed by atoms with Crippen LogP contribution in [0, 0.1) is 11.8 Å². The molecule has 1 saturated carbocycles. The van der Waals surface area contributed by atoms with E-state index in [9.17, 15) is 13.2 Å². The second-order valence-corrected chi connectivity index (χ2v) is 8.47. The van der Waals surface area contributed by atoms with Gasteiger partial charge in [-0.3, -0.25) is 4.40 Å². The predicted octanol–water partition coefficient (Wildman–Crippen LogP) is 3.83. The molecule has 0 aromatic carbocycles. The van der Waals surface area contributed by atoms with Crippen molar-refractivity contribution in [3.63, 3.8) is 0 Å². The molecule has 1 saturated heterocycles. The Morgan fingerprint density at radius 1 is 1.24 bits per heavy atom. The summed E-state index contributed by atoms with van der Waals surface area (Å²) in [5.74, 6) is 6.54. The van der Waals surface area contributed by atoms with Gasteiger partial charge in [-0.15, -0.1) is 16.1 Å². The van der Waals surface area contributed by atoms with E-state index in [1.54, 1.807) is 6.92 Å². The standard InChI is InChI=1S/C23H23F3N6O2/c1-2-4-14-7-8-32-19(9-14)30-31-20(32)15-5-3-6-16(10-15)28-22-27-11-18(23(24,25)26)21(29-22)34-17-12-33-13-17/h7-9,11,15-17H,3,5-6,10,12-13H2,1H3,(H,27,28,29)/t15-,16+/m0/s1. The third-order valence-corrected chi connectivity index (χ3v) is 6.02. The molecule has 4 heterocycles. The third-order valence-electron chi connectivity index (χ3n) is 6.02. The van der Waals surface area contributed by atoms with Gasteiger partial charge in [0.25, 0.3) is 0 Å². The highest BCUT2D eigenvalue weighted by atomic mass is 19.4. The van der Waals surface area contributed by atoms with E-state index in [-0.39, 0.29) is 31.1 Å². The minimum Gasteiger partial charge on any atom is -0.469 e. The van der Waals surface area contributed by atoms with Crippen molar-refractivity contribution in [3.05, 3.63) is 41.5 Å². The van der Waals surface area contributed by atoms with Crippen LogP contribution in [-0.4, -0.2) is 49.9 Å². The second kappa shape index (κ2) is 9.10. The Kier molecular flexibility index (Phi) is 6.00. The highest BCUT2D eigenvalue weighted by Crippen LogP contribution is 2.37. The second-order valence-electron chi connectivity index (χ2n) is 8.47. The fraction of sp³-hybridized carbons (Fsp3) is 0.478. The molecule has 0 amide bonds. The Balaban J connectivity index is 1.33. The fourth-order valence-corrected chi connectivity index (χ4v) is 4.31. The van der Waals surface area contributed by atoms with Gasteiger partial charge < -0.3 is 14.8 Å². The zero-order chi connectivity index (χ0) is 23.7. The van der Waals surface area contributed by atoms with Crippen molar-refractivity contribution in [1.29, 1.82) is 0 Å². The summed E-state index contributed by atoms with van der Waals surface area (Å²) in [6.07, 6.45) is 1.11. The average molecular weight is 472 g/mol. The number of fused-ring (bicyclic) bond motifs is 1. The lowest BCUT2D eigenvalue weighted by atomic mass is 9.85. The first-order valence-electron chi connectivity index (χ1n) is 11.1. The van der Waals surface area contributed by atoms with E-state index >= 15 is 0 Å². The van der Waals surface area contributed by atoms with Gasteiger partial charge in [-0.05, 0) is 38.3 Å². The first-order chi connectivity index (χ1) is 16.4. The molecule has 1 aliphatic carbocycles. The normalized spacial score (nSPS) is 20.9. The smallest absolute Gasteiger partial charge is 0.423 e. The quantitative estimate of drug-likeness (QED) is 0.565. The van der Waals surface area contributed by atoms with Crippen molar-refractivity contribution in [3.8, 4) is 17.7 Å². The molecule has 0 spiro atoms. The van der Waals surface area contributed by atoms with Gasteiger partial charge in [0.05, 0.1) is 13.2 Å². The summed E-state index contributed by atoms with van der Waals surface area (Å²) in [5, 5.41) is 11.9. The van der Waals surface area contributed by atoms with Gasteiger partial charge >= 0.3 is 6.18 Å². The van der Waals surface area contributed by atoms with Crippen LogP contribution < -0.4 is 10.1 Å². The number of nitrogens with one attached hydrogen (secondary N) is 1. The Bertz CT molecular complexity index is 1240. The Morgan fingerprint density at radius 2 is 2.09 bits per heavy atom. The summed E-state index contributed by atoms with van der Waals surface area (Å²) in [7, 11) is 0. The van der Waals surface area contributed by atoms with E-state index in [2.05, 4.69) is 37.3 Å². The lowest BCUT2D eigenvalue weighted by molar-refractivity contribution is -0.142. The SMILES string of the molecule is CC#Cc1ccn2c([C@H]3CCC[C@@H](Nc4ncc(C(F)(F)F)c(OC5COC5)n4)C3)nnc2c1. The van der Waals surface area contributed by atoms with Crippen LogP contribution >= 0.6 is 0 Å². The largest absolute Gasteiger partial charge is 0.469 e. The summed E-state index contributed by atoms with van der Waals surface area (Å²) in [5.41, 5.74) is 0.620. The Hall–Kier alpha value is -3.39. The van der Waals surface area contributed by atoms with E-state index in [1.807, 2.05) is 22.7 Å². The number of alkyl halides is 3. The van der Waals surface area contributed by atoms with Crippen molar-refractivity contribution in [2.45, 2.75) is 56.8 Å². The number of aromatic nitrogens is 5. The van der Waals surface area contributed by atoms with Crippen LogP contribution in [0.5, 0.6) is 5.88 Å². The molecule has 2 aliphatic rings. The monoisotopic (exact) mass is 472 g/mol. The lowest BCUT2D eigenvalue weighted by Crippen LogP contribution is -2.39. The number of pyridine rings is 1. The molecule has 1 aliphatic heterocycles. The molecule has 0 unspecified atom stereocenters. The van der Waals surface area contributed by atoms with Gasteiger partial charge in [0, 0.05) is 29.9 Å². The number of halogens is 3. The van der Waals surface area contributed by atoms with Crippen LogP contribution in [0.1, 0.15) is 55.5 Å². The predicted molar refractivity (Wildman–Crippen MR) is 116 cm³/mol. The van der Waals surface area contributed by atoms with Crippen molar-refractivity contribution in [2.24, 2.45) is 0 Å². The molecule has 34 heavy (non-hydrogen) atoms. The molecular formula is C23H23F3N6O2. The van der Waals surface area contributed by atoms with Crippen molar-refractivity contribution in [2.75, 3.05) is 18.5 Å². The molecule has 0 bridgehead atoms. The van der Waals surface area contributed by atoms with Gasteiger partial charge in [0.15, 0.2) is 5.65 Å². The summed E-state index contributed by atoms with van der Waals surface area (Å²) in [6.45, 7) is 2.27. The maximum Gasteiger partial charge on any atom is 0.423 e. The van der Waals surface area contributed by atoms with E-state index in [4.69, 9.17) is 9.47 Å². The third kappa shape index (κ3) is 4.63. The van der Waals surface area contributed by atoms with Gasteiger partial charge in [-0.1, -0.05) is 12.3 Å². The minimum atomic E-state index is -4.61. The molecule has 3 aromatic heterocycles. The molecule has 0 radical (unpaired) electrons. The molecule has 1 N–H and O–H groups in total. The first kappa shape index (κ1) is 22.4. The van der Waals surface area contributed by atoms with Crippen molar-refractivity contribution in [1.82, 2.24) is 24.6 Å². The summed E-state index contributed by atoms with van der Waals surface area (Å²) in [4.78, 5) is 7.97. The summed E-state index contributed by atoms with van der Waals surface area (Å²) < 4.78 is 52.5. The Labute approximate surface area is 193 Å². The van der Waals surface area contributed by atoms with Gasteiger partial charge in [-0.2, -0.15) is 18.2 Å². The number of nitrogens with zero attached hydrogens (tertiary/aromatic N) is 5. The molecule has 2 atom stereocenters. The number of hydrogen-bond donors (Lipinski definition) is 1. The molecule has 178 valence electrons. The van der Waals surface area contributed by atoms with Crippen LogP contribution in [0.2, 0.25) is 0 Å². The minimum absolute atomic E-state index is 0.0204. The number of hydrogen-bond acceptors (Lipinski definition) is 7. The summed E-state index contributed by atoms with van der Waals surface area (Å²) in [6, 6.07) is 3.81. The number of rotatable bonds is 5. The fourth-order valence-electron chi connectivity index (χ4n) is 4.31. The van der Waals surface area contributed by atoms with E-state index in [1.165, 1.54) is 0 Å². The van der Waals surface area contributed by atoms with Crippen molar-refractivity contribution >= 4 is 11.6 Å². The molecule has 11 heteroatoms. The van der Waals surface area contributed by atoms with Crippen LogP contribution in [0.4, 0.5) is 19.1 Å². The lowest BCUT2D eigenvalue weighted by Gasteiger charge is -2.29. The summed E-state index contributed by atoms with van der Waals surface area (Å²) >= 11 is 0. The van der Waals surface area contributed by atoms with Gasteiger partial charge in [0.2, 0.25) is 11.8 Å². The highest BCUT2D eigenvalue weighted by Gasteiger charge is 2.38. The van der Waals surface area contributed by atoms with Gasteiger partial charge in [-0.25, -0.2) is 4.98 Å². The zero-order valence-corrected chi connectivity index (χ0v) is 18.5. The van der Waals surface area contributed by atoms with Crippen LogP contribution in [-0.2, 0) is 10.9 Å². The Morgan fingerprint density at radius 3 is 2.82 bits per heavy atom. The average Bonchev–Trinajstić information content (AvgIpc) is 3.19. The molecule has 2 fully saturated rings. The van der Waals surface area contributed by atoms with Crippen LogP contribution in [0.15, 0.2) is 24.5 Å². The topological polar surface area (TPSA) is 86.5 Å². The van der Waals surface area contributed by atoms with Gasteiger partial charge in [0.1, 0.15) is 17.5 Å². The zero-order valence-electron chi connectivity index (χ0n) is 18.5. The van der Waals surface area contributed by atoms with Crippen LogP contribution in [0.25, 0.3) is 5.65 Å².